The van der Waals surface area contributed by atoms with Gasteiger partial charge in [0.15, 0.2) is 8.32 Å². The Bertz CT molecular complexity index is 704. The summed E-state index contributed by atoms with van der Waals surface area (Å²) in [5.41, 5.74) is 3.71. The van der Waals surface area contributed by atoms with E-state index in [2.05, 4.69) is 118 Å². The second kappa shape index (κ2) is 8.19. The molecule has 24 heavy (non-hydrogen) atoms. The molecule has 1 aliphatic rings. The van der Waals surface area contributed by atoms with Crippen molar-refractivity contribution in [1.29, 1.82) is 0 Å². The van der Waals surface area contributed by atoms with Gasteiger partial charge in [-0.25, -0.2) is 0 Å². The van der Waals surface area contributed by atoms with Crippen LogP contribution in [0.3, 0.4) is 0 Å². The lowest BCUT2D eigenvalue weighted by molar-refractivity contribution is 0.124. The molecule has 2 rings (SSSR count). The minimum absolute atomic E-state index is 0.371. The van der Waals surface area contributed by atoms with Gasteiger partial charge in [0, 0.05) is 20.7 Å². The lowest BCUT2D eigenvalue weighted by Crippen LogP contribution is -2.48. The standard InChI is InChI=1S/C19H23BrINOSi/c1-5-6-11-19(23-24(2,3)4)12-7-8-13-22(15-19)18-14-16(20)9-10-17(18)21/h6-10,12-14H,1,11,15H2,2-4H3. The van der Waals surface area contributed by atoms with Crippen LogP contribution in [0.2, 0.25) is 19.6 Å². The number of halogens is 2. The largest absolute Gasteiger partial charge is 0.407 e. The van der Waals surface area contributed by atoms with E-state index in [4.69, 9.17) is 4.43 Å². The van der Waals surface area contributed by atoms with E-state index in [1.165, 1.54) is 9.26 Å². The number of nitrogens with zero attached hydrogens (tertiary/aromatic N) is 1. The smallest absolute Gasteiger partial charge is 0.185 e. The summed E-state index contributed by atoms with van der Waals surface area (Å²) < 4.78 is 8.91. The molecular weight excluding hydrogens is 493 g/mol. The van der Waals surface area contributed by atoms with Crippen molar-refractivity contribution in [2.24, 2.45) is 0 Å². The molecular formula is C19H23BrINOSi. The Hall–Kier alpha value is -0.593. The van der Waals surface area contributed by atoms with E-state index in [9.17, 15) is 0 Å². The van der Waals surface area contributed by atoms with E-state index in [0.29, 0.717) is 0 Å². The van der Waals surface area contributed by atoms with E-state index in [-0.39, 0.29) is 5.60 Å². The zero-order chi connectivity index (χ0) is 17.8. The molecule has 2 nitrogen and oxygen atoms in total. The average Bonchev–Trinajstić information content (AvgIpc) is 2.69. The normalized spacial score (nSPS) is 20.6. The van der Waals surface area contributed by atoms with Crippen molar-refractivity contribution in [3.05, 3.63) is 69.1 Å². The van der Waals surface area contributed by atoms with Crippen LogP contribution in [0.25, 0.3) is 0 Å². The molecule has 0 saturated carbocycles. The van der Waals surface area contributed by atoms with Gasteiger partial charge in [-0.1, -0.05) is 34.7 Å². The van der Waals surface area contributed by atoms with Crippen molar-refractivity contribution in [1.82, 2.24) is 0 Å². The first-order valence-electron chi connectivity index (χ1n) is 7.87. The molecule has 1 heterocycles. The van der Waals surface area contributed by atoms with Gasteiger partial charge < -0.3 is 9.33 Å². The molecule has 0 N–H and O–H groups in total. The van der Waals surface area contributed by atoms with E-state index in [1.54, 1.807) is 0 Å². The summed E-state index contributed by atoms with van der Waals surface area (Å²) in [6, 6.07) is 6.34. The number of allylic oxidation sites excluding steroid dienone is 2. The summed E-state index contributed by atoms with van der Waals surface area (Å²) in [4.78, 5) is 2.27. The van der Waals surface area contributed by atoms with Gasteiger partial charge in [-0.2, -0.15) is 0 Å². The molecule has 0 amide bonds. The van der Waals surface area contributed by atoms with Gasteiger partial charge in [0.2, 0.25) is 0 Å². The minimum Gasteiger partial charge on any atom is -0.407 e. The third-order valence-corrected chi connectivity index (χ3v) is 5.96. The molecule has 1 unspecified atom stereocenters. The zero-order valence-electron chi connectivity index (χ0n) is 14.4. The van der Waals surface area contributed by atoms with Gasteiger partial charge in [-0.15, -0.1) is 5.73 Å². The summed E-state index contributed by atoms with van der Waals surface area (Å²) in [7, 11) is -1.73. The highest BCUT2D eigenvalue weighted by Crippen LogP contribution is 2.33. The lowest BCUT2D eigenvalue weighted by atomic mass is 9.98. The Morgan fingerprint density at radius 3 is 2.83 bits per heavy atom. The molecule has 0 spiro atoms. The maximum atomic E-state index is 6.63. The lowest BCUT2D eigenvalue weighted by Gasteiger charge is -2.39. The molecule has 128 valence electrons. The first kappa shape index (κ1) is 19.7. The van der Waals surface area contributed by atoms with Crippen LogP contribution in [0, 0.1) is 3.57 Å². The topological polar surface area (TPSA) is 12.5 Å². The third-order valence-electron chi connectivity index (χ3n) is 3.53. The van der Waals surface area contributed by atoms with Gasteiger partial charge in [-0.05, 0) is 72.6 Å². The first-order chi connectivity index (χ1) is 11.2. The second-order valence-electron chi connectivity index (χ2n) is 6.82. The number of rotatable bonds is 5. The summed E-state index contributed by atoms with van der Waals surface area (Å²) in [5.74, 6) is 0. The van der Waals surface area contributed by atoms with Crippen LogP contribution in [-0.4, -0.2) is 20.5 Å². The highest BCUT2D eigenvalue weighted by atomic mass is 127. The Labute approximate surface area is 168 Å². The maximum absolute atomic E-state index is 6.63. The van der Waals surface area contributed by atoms with Crippen LogP contribution in [0.5, 0.6) is 0 Å². The Balaban J connectivity index is 2.42. The van der Waals surface area contributed by atoms with Crippen LogP contribution in [0.1, 0.15) is 6.42 Å². The predicted octanol–water partition coefficient (Wildman–Crippen LogP) is 6.27. The van der Waals surface area contributed by atoms with Crippen molar-refractivity contribution < 1.29 is 4.43 Å². The number of hydrogen-bond donors (Lipinski definition) is 0. The van der Waals surface area contributed by atoms with Crippen molar-refractivity contribution in [2.75, 3.05) is 11.4 Å². The highest BCUT2D eigenvalue weighted by Gasteiger charge is 2.35. The third kappa shape index (κ3) is 5.46. The summed E-state index contributed by atoms with van der Waals surface area (Å²) in [6.45, 7) is 11.2. The molecule has 0 radical (unpaired) electrons. The van der Waals surface area contributed by atoms with Gasteiger partial charge in [0.05, 0.1) is 17.8 Å². The van der Waals surface area contributed by atoms with Gasteiger partial charge >= 0.3 is 0 Å². The van der Waals surface area contributed by atoms with Crippen LogP contribution < -0.4 is 4.90 Å². The molecule has 0 saturated heterocycles. The molecule has 1 aromatic carbocycles. The van der Waals surface area contributed by atoms with Crippen LogP contribution >= 0.6 is 38.5 Å². The van der Waals surface area contributed by atoms with E-state index >= 15 is 0 Å². The van der Waals surface area contributed by atoms with Crippen molar-refractivity contribution in [3.63, 3.8) is 0 Å². The number of hydrogen-bond acceptors (Lipinski definition) is 2. The fraction of sp³-hybridized carbons (Fsp3) is 0.316. The fourth-order valence-corrected chi connectivity index (χ4v) is 5.17. The van der Waals surface area contributed by atoms with Crippen LogP contribution in [0.4, 0.5) is 5.69 Å². The van der Waals surface area contributed by atoms with E-state index in [1.807, 2.05) is 6.08 Å². The van der Waals surface area contributed by atoms with Crippen molar-refractivity contribution >= 4 is 52.5 Å². The van der Waals surface area contributed by atoms with Crippen molar-refractivity contribution in [3.8, 4) is 0 Å². The molecule has 0 aliphatic carbocycles. The Morgan fingerprint density at radius 2 is 2.17 bits per heavy atom. The van der Waals surface area contributed by atoms with Gasteiger partial charge in [-0.3, -0.25) is 0 Å². The summed E-state index contributed by atoms with van der Waals surface area (Å²) >= 11 is 5.96. The first-order valence-corrected chi connectivity index (χ1v) is 13.1. The number of anilines is 1. The maximum Gasteiger partial charge on any atom is 0.185 e. The second-order valence-corrected chi connectivity index (χ2v) is 13.3. The van der Waals surface area contributed by atoms with E-state index < -0.39 is 8.32 Å². The molecule has 5 heteroatoms. The van der Waals surface area contributed by atoms with Crippen molar-refractivity contribution in [2.45, 2.75) is 31.7 Å². The predicted molar refractivity (Wildman–Crippen MR) is 118 cm³/mol. The highest BCUT2D eigenvalue weighted by molar-refractivity contribution is 14.1. The van der Waals surface area contributed by atoms with Crippen LogP contribution in [0.15, 0.2) is 65.5 Å². The molecule has 0 aromatic heterocycles. The monoisotopic (exact) mass is 515 g/mol. The SMILES string of the molecule is C=C=CCC1(O[Si](C)(C)C)C=CC=CN(c2cc(Br)ccc2I)C1. The quantitative estimate of drug-likeness (QED) is 0.260. The molecule has 1 atom stereocenters. The molecule has 0 bridgehead atoms. The minimum atomic E-state index is -1.73. The zero-order valence-corrected chi connectivity index (χ0v) is 19.1. The van der Waals surface area contributed by atoms with Gasteiger partial charge in [0.25, 0.3) is 0 Å². The molecule has 1 aromatic rings. The van der Waals surface area contributed by atoms with E-state index in [0.717, 1.165) is 17.4 Å². The summed E-state index contributed by atoms with van der Waals surface area (Å²) in [5, 5.41) is 0. The molecule has 0 fully saturated rings. The molecule has 1 aliphatic heterocycles. The number of benzene rings is 1. The van der Waals surface area contributed by atoms with Gasteiger partial charge in [0.1, 0.15) is 0 Å². The summed E-state index contributed by atoms with van der Waals surface area (Å²) in [6.07, 6.45) is 11.2. The fourth-order valence-electron chi connectivity index (χ4n) is 2.74. The average molecular weight is 516 g/mol. The van der Waals surface area contributed by atoms with Crippen LogP contribution in [-0.2, 0) is 4.43 Å². The Morgan fingerprint density at radius 1 is 1.42 bits per heavy atom. The Kier molecular flexibility index (Phi) is 6.73.